The predicted molar refractivity (Wildman–Crippen MR) is 131 cm³/mol. The number of carbonyl (C=O) groups is 1. The molecule has 2 aliphatic rings. The molecule has 1 atom stereocenters. The third-order valence-corrected chi connectivity index (χ3v) is 6.54. The van der Waals surface area contributed by atoms with Crippen LogP contribution in [-0.2, 0) is 22.5 Å². The zero-order chi connectivity index (χ0) is 23.7. The number of carbonyl (C=O) groups excluding carboxylic acids is 1. The molecule has 0 aliphatic carbocycles. The Morgan fingerprint density at radius 2 is 2.00 bits per heavy atom. The minimum Gasteiger partial charge on any atom is -0.357 e. The van der Waals surface area contributed by atoms with Crippen LogP contribution in [0.5, 0.6) is 0 Å². The molecule has 1 aromatic carbocycles. The normalized spacial score (nSPS) is 18.1. The Balaban J connectivity index is 1.33. The fourth-order valence-electron chi connectivity index (χ4n) is 4.50. The topological polar surface area (TPSA) is 85.2 Å². The van der Waals surface area contributed by atoms with Gasteiger partial charge < -0.3 is 15.0 Å². The Labute approximate surface area is 204 Å². The summed E-state index contributed by atoms with van der Waals surface area (Å²) in [4.78, 5) is 23.3. The van der Waals surface area contributed by atoms with Gasteiger partial charge in [0, 0.05) is 48.5 Å². The van der Waals surface area contributed by atoms with E-state index in [9.17, 15) is 4.79 Å². The molecule has 178 valence electrons. The second-order valence-corrected chi connectivity index (χ2v) is 9.50. The largest absolute Gasteiger partial charge is 0.357 e. The van der Waals surface area contributed by atoms with Gasteiger partial charge in [0.15, 0.2) is 0 Å². The number of fused-ring (bicyclic) bond motifs is 1. The van der Waals surface area contributed by atoms with Gasteiger partial charge in [0.05, 0.1) is 18.4 Å². The van der Waals surface area contributed by atoms with Crippen molar-refractivity contribution in [2.45, 2.75) is 52.3 Å². The van der Waals surface area contributed by atoms with Gasteiger partial charge in [-0.25, -0.2) is 14.6 Å². The number of benzene rings is 1. The third kappa shape index (κ3) is 4.79. The highest BCUT2D eigenvalue weighted by Crippen LogP contribution is 2.30. The van der Waals surface area contributed by atoms with Crippen LogP contribution in [0.25, 0.3) is 11.1 Å². The summed E-state index contributed by atoms with van der Waals surface area (Å²) in [5.74, 6) is 0.731. The van der Waals surface area contributed by atoms with E-state index in [-0.39, 0.29) is 23.3 Å². The van der Waals surface area contributed by atoms with Crippen molar-refractivity contribution in [3.63, 3.8) is 0 Å². The van der Waals surface area contributed by atoms with E-state index in [0.717, 1.165) is 47.5 Å². The number of hydrogen-bond donors (Lipinski definition) is 1. The second-order valence-electron chi connectivity index (χ2n) is 9.16. The second kappa shape index (κ2) is 9.72. The molecule has 5 rings (SSSR count). The zero-order valence-electron chi connectivity index (χ0n) is 19.5. The van der Waals surface area contributed by atoms with E-state index in [4.69, 9.17) is 16.3 Å². The summed E-state index contributed by atoms with van der Waals surface area (Å²) in [5.41, 5.74) is 4.82. The Morgan fingerprint density at radius 3 is 2.74 bits per heavy atom. The van der Waals surface area contributed by atoms with Crippen LogP contribution in [0.2, 0.25) is 5.28 Å². The summed E-state index contributed by atoms with van der Waals surface area (Å²) >= 11 is 6.21. The first-order chi connectivity index (χ1) is 16.5. The van der Waals surface area contributed by atoms with Gasteiger partial charge >= 0.3 is 0 Å². The van der Waals surface area contributed by atoms with Crippen LogP contribution < -0.4 is 5.32 Å². The molecule has 1 fully saturated rings. The van der Waals surface area contributed by atoms with E-state index < -0.39 is 0 Å². The van der Waals surface area contributed by atoms with Crippen LogP contribution in [0.3, 0.4) is 0 Å². The summed E-state index contributed by atoms with van der Waals surface area (Å²) in [6.45, 7) is 5.75. The number of nitrogens with one attached hydrogen (secondary N) is 1. The number of ether oxygens (including phenoxy) is 1. The fourth-order valence-corrected chi connectivity index (χ4v) is 4.69. The number of hydrogen-bond acceptors (Lipinski definition) is 6. The molecule has 1 N–H and O–H groups in total. The summed E-state index contributed by atoms with van der Waals surface area (Å²) in [6.07, 6.45) is 7.89. The minimum absolute atomic E-state index is 0.0271. The summed E-state index contributed by atoms with van der Waals surface area (Å²) in [5, 5.41) is 8.10. The molecule has 9 heteroatoms. The van der Waals surface area contributed by atoms with Crippen molar-refractivity contribution in [2.75, 3.05) is 18.5 Å². The van der Waals surface area contributed by atoms with Gasteiger partial charge in [-0.2, -0.15) is 5.10 Å². The van der Waals surface area contributed by atoms with Crippen LogP contribution in [0.15, 0.2) is 36.7 Å². The number of nitrogens with zero attached hydrogens (tertiary/aromatic N) is 5. The Hall–Kier alpha value is -2.97. The van der Waals surface area contributed by atoms with Crippen molar-refractivity contribution in [1.29, 1.82) is 0 Å². The summed E-state index contributed by atoms with van der Waals surface area (Å²) in [6, 6.07) is 8.11. The van der Waals surface area contributed by atoms with Crippen LogP contribution >= 0.6 is 11.6 Å². The Bertz CT molecular complexity index is 1170. The molecule has 1 amide bonds. The molecule has 0 saturated carbocycles. The van der Waals surface area contributed by atoms with Crippen molar-refractivity contribution in [2.24, 2.45) is 5.92 Å². The monoisotopic (exact) mass is 480 g/mol. The van der Waals surface area contributed by atoms with Crippen molar-refractivity contribution < 1.29 is 9.53 Å². The van der Waals surface area contributed by atoms with Gasteiger partial charge in [0.2, 0.25) is 11.2 Å². The van der Waals surface area contributed by atoms with E-state index in [1.165, 1.54) is 6.42 Å². The standard InChI is InChI=1S/C25H29ClN6O2/c1-16(2)24(33)31-11-10-21-20(15-31)23(30-25(26)29-21)28-19-8-6-17(7-9-19)18-13-27-32(14-18)22-5-3-4-12-34-22/h6-9,13-14,16,22H,3-5,10-12,15H2,1-2H3,(H,28,29,30). The average Bonchev–Trinajstić information content (AvgIpc) is 3.35. The molecule has 4 heterocycles. The molecular formula is C25H29ClN6O2. The van der Waals surface area contributed by atoms with Crippen molar-refractivity contribution in [3.8, 4) is 11.1 Å². The number of halogens is 1. The lowest BCUT2D eigenvalue weighted by atomic mass is 10.0. The van der Waals surface area contributed by atoms with Gasteiger partial charge in [-0.1, -0.05) is 26.0 Å². The molecule has 1 saturated heterocycles. The van der Waals surface area contributed by atoms with E-state index in [0.29, 0.717) is 25.3 Å². The molecule has 0 radical (unpaired) electrons. The van der Waals surface area contributed by atoms with Crippen molar-refractivity contribution >= 4 is 29.0 Å². The molecule has 1 unspecified atom stereocenters. The lowest BCUT2D eigenvalue weighted by molar-refractivity contribution is -0.135. The molecule has 34 heavy (non-hydrogen) atoms. The average molecular weight is 481 g/mol. The zero-order valence-corrected chi connectivity index (χ0v) is 20.3. The van der Waals surface area contributed by atoms with Crippen LogP contribution in [0, 0.1) is 5.92 Å². The predicted octanol–water partition coefficient (Wildman–Crippen LogP) is 4.98. The molecule has 8 nitrogen and oxygen atoms in total. The maximum Gasteiger partial charge on any atom is 0.225 e. The minimum atomic E-state index is -0.0484. The lowest BCUT2D eigenvalue weighted by Crippen LogP contribution is -2.39. The molecule has 3 aromatic rings. The maximum atomic E-state index is 12.5. The Kier molecular flexibility index (Phi) is 6.52. The highest BCUT2D eigenvalue weighted by Gasteiger charge is 2.26. The third-order valence-electron chi connectivity index (χ3n) is 6.37. The highest BCUT2D eigenvalue weighted by atomic mass is 35.5. The van der Waals surface area contributed by atoms with E-state index >= 15 is 0 Å². The van der Waals surface area contributed by atoms with Gasteiger partial charge in [0.25, 0.3) is 0 Å². The summed E-state index contributed by atoms with van der Waals surface area (Å²) < 4.78 is 7.75. The van der Waals surface area contributed by atoms with Crippen LogP contribution in [0.4, 0.5) is 11.5 Å². The maximum absolute atomic E-state index is 12.5. The molecular weight excluding hydrogens is 452 g/mol. The Morgan fingerprint density at radius 1 is 1.18 bits per heavy atom. The van der Waals surface area contributed by atoms with E-state index in [1.807, 2.05) is 48.0 Å². The first-order valence-electron chi connectivity index (χ1n) is 11.9. The molecule has 0 spiro atoms. The van der Waals surface area contributed by atoms with Crippen molar-refractivity contribution in [1.82, 2.24) is 24.6 Å². The van der Waals surface area contributed by atoms with E-state index in [1.54, 1.807) is 0 Å². The van der Waals surface area contributed by atoms with Crippen LogP contribution in [-0.4, -0.2) is 43.7 Å². The highest BCUT2D eigenvalue weighted by molar-refractivity contribution is 6.28. The van der Waals surface area contributed by atoms with Gasteiger partial charge in [0.1, 0.15) is 12.0 Å². The van der Waals surface area contributed by atoms with E-state index in [2.05, 4.69) is 32.5 Å². The number of anilines is 2. The van der Waals surface area contributed by atoms with Crippen LogP contribution in [0.1, 0.15) is 50.6 Å². The first kappa shape index (κ1) is 22.8. The summed E-state index contributed by atoms with van der Waals surface area (Å²) in [7, 11) is 0. The number of amides is 1. The smallest absolute Gasteiger partial charge is 0.225 e. The molecule has 2 aromatic heterocycles. The number of rotatable bonds is 5. The van der Waals surface area contributed by atoms with Gasteiger partial charge in [-0.3, -0.25) is 4.79 Å². The van der Waals surface area contributed by atoms with Gasteiger partial charge in [-0.05, 0) is 48.6 Å². The SMILES string of the molecule is CC(C)C(=O)N1CCc2nc(Cl)nc(Nc3ccc(-c4cnn(C5CCCCO5)c4)cc3)c2C1. The molecule has 0 bridgehead atoms. The number of aromatic nitrogens is 4. The molecule has 2 aliphatic heterocycles. The first-order valence-corrected chi connectivity index (χ1v) is 12.2. The van der Waals surface area contributed by atoms with Crippen molar-refractivity contribution in [3.05, 3.63) is 53.2 Å². The lowest BCUT2D eigenvalue weighted by Gasteiger charge is -2.30. The fraction of sp³-hybridized carbons (Fsp3) is 0.440. The quantitative estimate of drug-likeness (QED) is 0.518. The van der Waals surface area contributed by atoms with Gasteiger partial charge in [-0.15, -0.1) is 0 Å².